The molecule has 0 radical (unpaired) electrons. The molecule has 1 amide bonds. The minimum Gasteiger partial charge on any atom is -0.354 e. The molecule has 2 heterocycles. The van der Waals surface area contributed by atoms with Gasteiger partial charge < -0.3 is 14.8 Å². The van der Waals surface area contributed by atoms with Crippen molar-refractivity contribution in [2.24, 2.45) is 7.05 Å². The lowest BCUT2D eigenvalue weighted by Gasteiger charge is -2.19. The number of fused-ring (bicyclic) bond motifs is 3. The number of nitrogens with one attached hydrogen (secondary N) is 1. The molecule has 3 rings (SSSR count). The van der Waals surface area contributed by atoms with Crippen LogP contribution in [0.3, 0.4) is 0 Å². The number of nitrogens with zero attached hydrogens (tertiary/aromatic N) is 4. The molecule has 0 aliphatic rings. The number of hydrogen-bond acceptors (Lipinski definition) is 4. The van der Waals surface area contributed by atoms with Crippen LogP contribution in [0.25, 0.3) is 21.8 Å². The van der Waals surface area contributed by atoms with E-state index in [9.17, 15) is 9.59 Å². The van der Waals surface area contributed by atoms with Crippen LogP contribution in [0, 0.1) is 0 Å². The first-order chi connectivity index (χ1) is 13.5. The number of benzene rings is 1. The van der Waals surface area contributed by atoms with E-state index < -0.39 is 6.04 Å². The maximum Gasteiger partial charge on any atom is 0.291 e. The van der Waals surface area contributed by atoms with Gasteiger partial charge in [0.05, 0.1) is 11.7 Å². The molecule has 2 aromatic heterocycles. The summed E-state index contributed by atoms with van der Waals surface area (Å²) < 4.78 is 3.15. The van der Waals surface area contributed by atoms with Gasteiger partial charge in [-0.15, -0.1) is 0 Å². The molecule has 0 bridgehead atoms. The minimum absolute atomic E-state index is 0.0823. The molecule has 7 heteroatoms. The average molecular weight is 383 g/mol. The molecule has 7 nitrogen and oxygen atoms in total. The Morgan fingerprint density at radius 2 is 1.93 bits per heavy atom. The molecule has 0 aliphatic heterocycles. The Balaban J connectivity index is 1.88. The highest BCUT2D eigenvalue weighted by molar-refractivity contribution is 6.08. The highest BCUT2D eigenvalue weighted by atomic mass is 16.2. The van der Waals surface area contributed by atoms with Crippen LogP contribution in [0.15, 0.2) is 35.3 Å². The average Bonchev–Trinajstić information content (AvgIpc) is 3.05. The van der Waals surface area contributed by atoms with Crippen LogP contribution in [0.5, 0.6) is 0 Å². The quantitative estimate of drug-likeness (QED) is 0.606. The molecule has 150 valence electrons. The summed E-state index contributed by atoms with van der Waals surface area (Å²) in [7, 11) is 1.63. The van der Waals surface area contributed by atoms with E-state index >= 15 is 0 Å². The number of carbonyl (C=O) groups excluding carboxylic acids is 1. The molecular weight excluding hydrogens is 354 g/mol. The van der Waals surface area contributed by atoms with Gasteiger partial charge in [0.1, 0.15) is 11.6 Å². The summed E-state index contributed by atoms with van der Waals surface area (Å²) in [5.74, 6) is -0.0823. The van der Waals surface area contributed by atoms with Gasteiger partial charge in [-0.05, 0) is 39.0 Å². The van der Waals surface area contributed by atoms with E-state index in [1.165, 1.54) is 4.68 Å². The van der Waals surface area contributed by atoms with Gasteiger partial charge in [0.2, 0.25) is 5.91 Å². The van der Waals surface area contributed by atoms with Crippen molar-refractivity contribution in [3.8, 4) is 0 Å². The van der Waals surface area contributed by atoms with Crippen molar-refractivity contribution in [2.75, 3.05) is 26.2 Å². The summed E-state index contributed by atoms with van der Waals surface area (Å²) in [4.78, 5) is 28.0. The van der Waals surface area contributed by atoms with Crippen molar-refractivity contribution in [3.05, 3.63) is 40.8 Å². The van der Waals surface area contributed by atoms with Gasteiger partial charge >= 0.3 is 0 Å². The summed E-state index contributed by atoms with van der Waals surface area (Å²) in [6, 6.07) is 7.26. The smallest absolute Gasteiger partial charge is 0.291 e. The third-order valence-electron chi connectivity index (χ3n) is 5.42. The van der Waals surface area contributed by atoms with E-state index in [0.717, 1.165) is 42.3 Å². The standard InChI is InChI=1S/C21H29N5O2/c1-5-25(6-2)13-9-12-22-20(27)15(3)26-18-11-8-7-10-16(18)17-14-23-24(4)21(28)19(17)26/h7-8,10-11,14-15H,5-6,9,12-13H2,1-4H3,(H,22,27). The van der Waals surface area contributed by atoms with Gasteiger partial charge in [-0.25, -0.2) is 4.68 Å². The van der Waals surface area contributed by atoms with Gasteiger partial charge in [0.15, 0.2) is 0 Å². The van der Waals surface area contributed by atoms with Crippen LogP contribution in [0.4, 0.5) is 0 Å². The zero-order chi connectivity index (χ0) is 20.3. The number of carbonyl (C=O) groups is 1. The second kappa shape index (κ2) is 8.56. The van der Waals surface area contributed by atoms with E-state index in [2.05, 4.69) is 29.2 Å². The molecule has 0 aliphatic carbocycles. The van der Waals surface area contributed by atoms with Gasteiger partial charge in [-0.1, -0.05) is 32.0 Å². The van der Waals surface area contributed by atoms with E-state index in [1.54, 1.807) is 13.2 Å². The third-order valence-corrected chi connectivity index (χ3v) is 5.42. The predicted octanol–water partition coefficient (Wildman–Crippen LogP) is 2.30. The van der Waals surface area contributed by atoms with Crippen LogP contribution in [-0.4, -0.2) is 51.3 Å². The summed E-state index contributed by atoms with van der Waals surface area (Å²) in [6.07, 6.45) is 2.60. The molecule has 1 aromatic carbocycles. The maximum atomic E-state index is 12.8. The fraction of sp³-hybridized carbons (Fsp3) is 0.476. The Hall–Kier alpha value is -2.67. The first-order valence-electron chi connectivity index (χ1n) is 9.94. The fourth-order valence-corrected chi connectivity index (χ4v) is 3.71. The van der Waals surface area contributed by atoms with Crippen molar-refractivity contribution in [3.63, 3.8) is 0 Å². The first kappa shape index (κ1) is 20.1. The van der Waals surface area contributed by atoms with Gasteiger partial charge in [-0.3, -0.25) is 9.59 Å². The molecule has 0 saturated heterocycles. The van der Waals surface area contributed by atoms with Gasteiger partial charge in [0.25, 0.3) is 5.56 Å². The van der Waals surface area contributed by atoms with E-state index in [4.69, 9.17) is 0 Å². The second-order valence-corrected chi connectivity index (χ2v) is 7.07. The lowest BCUT2D eigenvalue weighted by molar-refractivity contribution is -0.123. The van der Waals surface area contributed by atoms with Gasteiger partial charge in [0, 0.05) is 24.4 Å². The molecule has 3 aromatic rings. The molecule has 0 spiro atoms. The number of aromatic nitrogens is 3. The SMILES string of the molecule is CCN(CC)CCCNC(=O)C(C)n1c2ccccc2c2cnn(C)c(=O)c21. The van der Waals surface area contributed by atoms with E-state index in [1.807, 2.05) is 35.8 Å². The Labute approximate surface area is 164 Å². The van der Waals surface area contributed by atoms with Crippen molar-refractivity contribution < 1.29 is 4.79 Å². The van der Waals surface area contributed by atoms with Crippen molar-refractivity contribution in [1.82, 2.24) is 24.6 Å². The second-order valence-electron chi connectivity index (χ2n) is 7.07. The van der Waals surface area contributed by atoms with Crippen LogP contribution < -0.4 is 10.9 Å². The Kier molecular flexibility index (Phi) is 6.14. The maximum absolute atomic E-state index is 12.8. The minimum atomic E-state index is -0.494. The Morgan fingerprint density at radius 1 is 1.21 bits per heavy atom. The largest absolute Gasteiger partial charge is 0.354 e. The highest BCUT2D eigenvalue weighted by Crippen LogP contribution is 2.29. The molecular formula is C21H29N5O2. The molecule has 1 atom stereocenters. The predicted molar refractivity (Wildman–Crippen MR) is 113 cm³/mol. The van der Waals surface area contributed by atoms with Crippen molar-refractivity contribution in [1.29, 1.82) is 0 Å². The van der Waals surface area contributed by atoms with Crippen LogP contribution >= 0.6 is 0 Å². The lowest BCUT2D eigenvalue weighted by Crippen LogP contribution is -2.34. The van der Waals surface area contributed by atoms with Crippen LogP contribution in [0.1, 0.15) is 33.2 Å². The monoisotopic (exact) mass is 383 g/mol. The number of rotatable bonds is 8. The summed E-state index contributed by atoms with van der Waals surface area (Å²) in [5.41, 5.74) is 1.19. The first-order valence-corrected chi connectivity index (χ1v) is 9.94. The molecule has 0 saturated carbocycles. The number of hydrogen-bond donors (Lipinski definition) is 1. The number of amides is 1. The Morgan fingerprint density at radius 3 is 2.64 bits per heavy atom. The van der Waals surface area contributed by atoms with E-state index in [-0.39, 0.29) is 11.5 Å². The topological polar surface area (TPSA) is 72.2 Å². The molecule has 0 fully saturated rings. The van der Waals surface area contributed by atoms with Crippen LogP contribution in [0.2, 0.25) is 0 Å². The normalized spacial score (nSPS) is 12.8. The molecule has 1 N–H and O–H groups in total. The zero-order valence-electron chi connectivity index (χ0n) is 17.1. The number of para-hydroxylation sites is 1. The zero-order valence-corrected chi connectivity index (χ0v) is 17.1. The van der Waals surface area contributed by atoms with E-state index in [0.29, 0.717) is 12.1 Å². The van der Waals surface area contributed by atoms with Crippen molar-refractivity contribution in [2.45, 2.75) is 33.2 Å². The summed E-state index contributed by atoms with van der Waals surface area (Å²) >= 11 is 0. The molecule has 1 unspecified atom stereocenters. The number of aryl methyl sites for hydroxylation is 1. The lowest BCUT2D eigenvalue weighted by atomic mass is 10.2. The van der Waals surface area contributed by atoms with Crippen LogP contribution in [-0.2, 0) is 11.8 Å². The van der Waals surface area contributed by atoms with Crippen molar-refractivity contribution >= 4 is 27.7 Å². The van der Waals surface area contributed by atoms with Gasteiger partial charge in [-0.2, -0.15) is 5.10 Å². The summed E-state index contributed by atoms with van der Waals surface area (Å²) in [6.45, 7) is 9.73. The third kappa shape index (κ3) is 3.67. The highest BCUT2D eigenvalue weighted by Gasteiger charge is 2.22. The summed E-state index contributed by atoms with van der Waals surface area (Å²) in [5, 5.41) is 8.89. The Bertz CT molecular complexity index is 1030. The fourth-order valence-electron chi connectivity index (χ4n) is 3.71. The molecule has 28 heavy (non-hydrogen) atoms.